The monoisotopic (exact) mass is 534 g/mol. The van der Waals surface area contributed by atoms with Crippen LogP contribution in [-0.4, -0.2) is 55.8 Å². The molecule has 0 aliphatic carbocycles. The molecule has 1 aliphatic heterocycles. The predicted molar refractivity (Wildman–Crippen MR) is 138 cm³/mol. The summed E-state index contributed by atoms with van der Waals surface area (Å²) in [6, 6.07) is 10.6. The first-order valence-electron chi connectivity index (χ1n) is 10.5. The Balaban J connectivity index is 0.00000272. The third-order valence-electron chi connectivity index (χ3n) is 5.46. The molecule has 0 amide bonds. The highest BCUT2D eigenvalue weighted by molar-refractivity contribution is 14.0. The van der Waals surface area contributed by atoms with E-state index in [-0.39, 0.29) is 24.0 Å². The van der Waals surface area contributed by atoms with Crippen LogP contribution in [0.3, 0.4) is 0 Å². The van der Waals surface area contributed by atoms with E-state index in [1.807, 2.05) is 12.3 Å². The summed E-state index contributed by atoms with van der Waals surface area (Å²) in [4.78, 5) is 14.6. The average Bonchev–Trinajstić information content (AvgIpc) is 3.18. The fourth-order valence-electron chi connectivity index (χ4n) is 3.85. The zero-order valence-electron chi connectivity index (χ0n) is 18.1. The van der Waals surface area contributed by atoms with Gasteiger partial charge in [0.15, 0.2) is 5.96 Å². The Labute approximate surface area is 200 Å². The number of benzene rings is 1. The van der Waals surface area contributed by atoms with Crippen LogP contribution in [0.4, 0.5) is 5.82 Å². The number of H-pyrrole nitrogens is 1. The third kappa shape index (κ3) is 5.88. The SMILES string of the molecule is CN=C(NCCc1c[nH]c2cc(C)ccc12)NCc1cccnc1N1CCOCC1.I. The molecule has 8 heteroatoms. The number of fused-ring (bicyclic) bond motifs is 1. The molecule has 0 atom stereocenters. The number of pyridine rings is 1. The van der Waals surface area contributed by atoms with Gasteiger partial charge in [-0.05, 0) is 36.6 Å². The lowest BCUT2D eigenvalue weighted by atomic mass is 10.1. The van der Waals surface area contributed by atoms with Crippen LogP contribution in [0, 0.1) is 6.92 Å². The first kappa shape index (κ1) is 23.3. The summed E-state index contributed by atoms with van der Waals surface area (Å²) in [5.41, 5.74) is 4.94. The second-order valence-corrected chi connectivity index (χ2v) is 7.55. The van der Waals surface area contributed by atoms with Gasteiger partial charge >= 0.3 is 0 Å². The molecule has 3 heterocycles. The van der Waals surface area contributed by atoms with Crippen molar-refractivity contribution in [3.05, 3.63) is 59.4 Å². The van der Waals surface area contributed by atoms with Crippen molar-refractivity contribution >= 4 is 46.7 Å². The van der Waals surface area contributed by atoms with Crippen molar-refractivity contribution in [2.45, 2.75) is 19.9 Å². The maximum atomic E-state index is 5.47. The number of anilines is 1. The molecule has 0 bridgehead atoms. The molecule has 0 radical (unpaired) electrons. The van der Waals surface area contributed by atoms with Crippen LogP contribution >= 0.6 is 24.0 Å². The number of hydrogen-bond donors (Lipinski definition) is 3. The summed E-state index contributed by atoms with van der Waals surface area (Å²) in [5.74, 6) is 1.82. The minimum absolute atomic E-state index is 0. The number of aromatic nitrogens is 2. The number of ether oxygens (including phenoxy) is 1. The normalized spacial score (nSPS) is 14.4. The van der Waals surface area contributed by atoms with Gasteiger partial charge in [0, 0.05) is 62.1 Å². The molecule has 7 nitrogen and oxygen atoms in total. The Morgan fingerprint density at radius 2 is 2.03 bits per heavy atom. The van der Waals surface area contributed by atoms with E-state index in [1.54, 1.807) is 7.05 Å². The molecule has 1 aromatic carbocycles. The van der Waals surface area contributed by atoms with Crippen molar-refractivity contribution in [1.29, 1.82) is 0 Å². The second-order valence-electron chi connectivity index (χ2n) is 7.55. The van der Waals surface area contributed by atoms with Crippen molar-refractivity contribution in [1.82, 2.24) is 20.6 Å². The van der Waals surface area contributed by atoms with Crippen LogP contribution in [0.2, 0.25) is 0 Å². The zero-order chi connectivity index (χ0) is 20.8. The smallest absolute Gasteiger partial charge is 0.191 e. The Hall–Kier alpha value is -2.33. The fourth-order valence-corrected chi connectivity index (χ4v) is 3.85. The van der Waals surface area contributed by atoms with Crippen LogP contribution in [0.25, 0.3) is 10.9 Å². The number of aromatic amines is 1. The molecule has 1 aliphatic rings. The average molecular weight is 534 g/mol. The van der Waals surface area contributed by atoms with Gasteiger partial charge in [0.1, 0.15) is 5.82 Å². The molecule has 31 heavy (non-hydrogen) atoms. The molecule has 0 spiro atoms. The van der Waals surface area contributed by atoms with Gasteiger partial charge in [-0.15, -0.1) is 24.0 Å². The van der Waals surface area contributed by atoms with Gasteiger partial charge in [0.2, 0.25) is 0 Å². The van der Waals surface area contributed by atoms with Gasteiger partial charge in [-0.2, -0.15) is 0 Å². The topological polar surface area (TPSA) is 77.6 Å². The van der Waals surface area contributed by atoms with Gasteiger partial charge < -0.3 is 25.3 Å². The quantitative estimate of drug-likeness (QED) is 0.257. The second kappa shape index (κ2) is 11.3. The van der Waals surface area contributed by atoms with Gasteiger partial charge in [0.25, 0.3) is 0 Å². The molecule has 166 valence electrons. The molecule has 1 saturated heterocycles. The summed E-state index contributed by atoms with van der Waals surface area (Å²) >= 11 is 0. The highest BCUT2D eigenvalue weighted by Crippen LogP contribution is 2.20. The molecule has 4 rings (SSSR count). The van der Waals surface area contributed by atoms with E-state index in [4.69, 9.17) is 4.74 Å². The number of aryl methyl sites for hydroxylation is 1. The number of hydrogen-bond acceptors (Lipinski definition) is 4. The predicted octanol–water partition coefficient (Wildman–Crippen LogP) is 3.23. The molecule has 1 fully saturated rings. The Bertz CT molecular complexity index is 1010. The van der Waals surface area contributed by atoms with Gasteiger partial charge in [0.05, 0.1) is 13.2 Å². The number of guanidine groups is 1. The van der Waals surface area contributed by atoms with Crippen LogP contribution in [0.15, 0.2) is 47.7 Å². The van der Waals surface area contributed by atoms with Crippen molar-refractivity contribution in [3.63, 3.8) is 0 Å². The number of halogens is 1. The molecule has 0 unspecified atom stereocenters. The van der Waals surface area contributed by atoms with Crippen molar-refractivity contribution in [3.8, 4) is 0 Å². The van der Waals surface area contributed by atoms with E-state index in [2.05, 4.69) is 67.9 Å². The highest BCUT2D eigenvalue weighted by Gasteiger charge is 2.16. The van der Waals surface area contributed by atoms with Crippen LogP contribution in [-0.2, 0) is 17.7 Å². The zero-order valence-corrected chi connectivity index (χ0v) is 20.5. The fraction of sp³-hybridized carbons (Fsp3) is 0.391. The molecular formula is C23H31IN6O. The van der Waals surface area contributed by atoms with Crippen molar-refractivity contribution in [2.75, 3.05) is 44.8 Å². The lowest BCUT2D eigenvalue weighted by Crippen LogP contribution is -2.40. The minimum Gasteiger partial charge on any atom is -0.378 e. The summed E-state index contributed by atoms with van der Waals surface area (Å²) in [6.45, 7) is 6.85. The Morgan fingerprint density at radius 3 is 2.84 bits per heavy atom. The molecular weight excluding hydrogens is 503 g/mol. The summed E-state index contributed by atoms with van der Waals surface area (Å²) < 4.78 is 5.47. The highest BCUT2D eigenvalue weighted by atomic mass is 127. The van der Waals surface area contributed by atoms with Gasteiger partial charge in [-0.3, -0.25) is 4.99 Å². The lowest BCUT2D eigenvalue weighted by molar-refractivity contribution is 0.122. The number of nitrogens with one attached hydrogen (secondary N) is 3. The largest absolute Gasteiger partial charge is 0.378 e. The van der Waals surface area contributed by atoms with Gasteiger partial charge in [-0.25, -0.2) is 4.98 Å². The van der Waals surface area contributed by atoms with Crippen molar-refractivity contribution in [2.24, 2.45) is 4.99 Å². The minimum atomic E-state index is 0. The number of morpholine rings is 1. The van der Waals surface area contributed by atoms with Crippen LogP contribution < -0.4 is 15.5 Å². The number of aliphatic imine (C=N–C) groups is 1. The molecule has 3 aromatic rings. The third-order valence-corrected chi connectivity index (χ3v) is 5.46. The Morgan fingerprint density at radius 1 is 1.19 bits per heavy atom. The van der Waals surface area contributed by atoms with Crippen molar-refractivity contribution < 1.29 is 4.74 Å². The van der Waals surface area contributed by atoms with Gasteiger partial charge in [-0.1, -0.05) is 18.2 Å². The van der Waals surface area contributed by atoms with E-state index in [9.17, 15) is 0 Å². The first-order chi connectivity index (χ1) is 14.7. The van der Waals surface area contributed by atoms with E-state index in [1.165, 1.54) is 22.0 Å². The summed E-state index contributed by atoms with van der Waals surface area (Å²) in [6.07, 6.45) is 4.88. The molecule has 0 saturated carbocycles. The van der Waals surface area contributed by atoms with E-state index in [0.717, 1.165) is 56.6 Å². The maximum absolute atomic E-state index is 5.47. The van der Waals surface area contributed by atoms with E-state index >= 15 is 0 Å². The van der Waals surface area contributed by atoms with E-state index < -0.39 is 0 Å². The summed E-state index contributed by atoms with van der Waals surface area (Å²) in [5, 5.41) is 8.13. The lowest BCUT2D eigenvalue weighted by Gasteiger charge is -2.29. The molecule has 3 N–H and O–H groups in total. The molecule has 2 aromatic heterocycles. The van der Waals surface area contributed by atoms with Crippen LogP contribution in [0.5, 0.6) is 0 Å². The Kier molecular flexibility index (Phi) is 8.53. The number of nitrogens with zero attached hydrogens (tertiary/aromatic N) is 3. The first-order valence-corrected chi connectivity index (χ1v) is 10.5. The summed E-state index contributed by atoms with van der Waals surface area (Å²) in [7, 11) is 1.80. The van der Waals surface area contributed by atoms with E-state index in [0.29, 0.717) is 6.54 Å². The maximum Gasteiger partial charge on any atom is 0.191 e. The number of rotatable bonds is 6. The standard InChI is InChI=1S/C23H30N6O.HI/c1-17-5-6-20-18(15-27-21(20)14-17)7-9-26-23(24-2)28-16-19-4-3-8-25-22(19)29-10-12-30-13-11-29;/h3-6,8,14-15,27H,7,9-13,16H2,1-2H3,(H2,24,26,28);1H. The van der Waals surface area contributed by atoms with Crippen LogP contribution in [0.1, 0.15) is 16.7 Å².